The predicted molar refractivity (Wildman–Crippen MR) is 308 cm³/mol. The minimum Gasteiger partial charge on any atom is -0.494 e. The fourth-order valence-corrected chi connectivity index (χ4v) is 8.18. The average Bonchev–Trinajstić information content (AvgIpc) is 3.45. The van der Waals surface area contributed by atoms with Crippen molar-refractivity contribution in [2.75, 3.05) is 103 Å². The van der Waals surface area contributed by atoms with E-state index in [-0.39, 0.29) is 0 Å². The van der Waals surface area contributed by atoms with Crippen LogP contribution in [0.15, 0.2) is 158 Å². The first-order valence-electron chi connectivity index (χ1n) is 26.1. The molecule has 7 rings (SSSR count). The van der Waals surface area contributed by atoms with Gasteiger partial charge in [0, 0.05) is 59.5 Å². The number of anilines is 6. The summed E-state index contributed by atoms with van der Waals surface area (Å²) in [7, 11) is 3.32. The molecule has 0 spiro atoms. The van der Waals surface area contributed by atoms with Crippen LogP contribution < -0.4 is 38.2 Å². The van der Waals surface area contributed by atoms with Crippen LogP contribution in [-0.4, -0.2) is 93.5 Å². The van der Waals surface area contributed by atoms with Crippen molar-refractivity contribution in [3.05, 3.63) is 180 Å². The SMILES string of the molecule is CCOc1ccc(N(c2ccc(/C=C/c3cc(OCCOCCOC)c(/C=C/c4ccc(N(c5ccc(OCC)cc5)c5ccc(OCC)cc5)cc4)cc3OCCOCCOC)cc2)c2ccc(OCC)cc2)cc1. The fraction of sp³-hybridized carbons (Fsp3) is 0.281. The molecule has 76 heavy (non-hydrogen) atoms. The highest BCUT2D eigenvalue weighted by Crippen LogP contribution is 2.39. The highest BCUT2D eigenvalue weighted by molar-refractivity contribution is 5.82. The van der Waals surface area contributed by atoms with Crippen LogP contribution in [0.25, 0.3) is 24.3 Å². The van der Waals surface area contributed by atoms with Crippen molar-refractivity contribution in [1.29, 1.82) is 0 Å². The van der Waals surface area contributed by atoms with Gasteiger partial charge in [-0.05, 0) is 172 Å². The molecule has 0 atom stereocenters. The minimum atomic E-state index is 0.337. The second-order valence-corrected chi connectivity index (χ2v) is 17.1. The van der Waals surface area contributed by atoms with Gasteiger partial charge in [0.25, 0.3) is 0 Å². The molecule has 0 heterocycles. The monoisotopic (exact) mass is 1030 g/mol. The van der Waals surface area contributed by atoms with E-state index in [4.69, 9.17) is 47.4 Å². The average molecular weight is 1030 g/mol. The Kier molecular flexibility index (Phi) is 22.5. The zero-order valence-electron chi connectivity index (χ0n) is 44.8. The molecule has 7 aromatic carbocycles. The summed E-state index contributed by atoms with van der Waals surface area (Å²) in [6.45, 7) is 13.8. The van der Waals surface area contributed by atoms with Crippen molar-refractivity contribution in [2.45, 2.75) is 27.7 Å². The number of rotatable bonds is 32. The van der Waals surface area contributed by atoms with E-state index in [1.807, 2.05) is 88.4 Å². The summed E-state index contributed by atoms with van der Waals surface area (Å²) in [6.07, 6.45) is 8.28. The van der Waals surface area contributed by atoms with Crippen molar-refractivity contribution in [3.63, 3.8) is 0 Å². The lowest BCUT2D eigenvalue weighted by atomic mass is 10.0. The number of hydrogen-bond donors (Lipinski definition) is 0. The standard InChI is InChI=1S/C64H72N2O10/c1-7-71-59-31-23-55(24-32-59)65(56-25-33-60(34-26-56)72-8-2)53-19-13-49(14-20-53)11-17-51-47-64(76-46-44-70-42-40-68-6)52(48-63(51)75-45-43-69-41-39-67-5)18-12-50-15-21-54(22-16-50)66(57-27-35-61(36-28-57)73-9-3)58-29-37-62(38-30-58)74-10-4/h11-38,47-48H,7-10,39-46H2,1-6H3/b17-11+,18-12+. The summed E-state index contributed by atoms with van der Waals surface area (Å²) in [5.74, 6) is 4.65. The van der Waals surface area contributed by atoms with Crippen LogP contribution in [0.4, 0.5) is 34.1 Å². The molecule has 0 fully saturated rings. The smallest absolute Gasteiger partial charge is 0.127 e. The maximum absolute atomic E-state index is 6.50. The van der Waals surface area contributed by atoms with Crippen LogP contribution in [0, 0.1) is 0 Å². The van der Waals surface area contributed by atoms with E-state index in [0.29, 0.717) is 90.8 Å². The number of benzene rings is 7. The van der Waals surface area contributed by atoms with Crippen LogP contribution in [0.1, 0.15) is 49.9 Å². The van der Waals surface area contributed by atoms with E-state index >= 15 is 0 Å². The molecule has 0 radical (unpaired) electrons. The van der Waals surface area contributed by atoms with Gasteiger partial charge in [0.1, 0.15) is 47.7 Å². The minimum absolute atomic E-state index is 0.337. The van der Waals surface area contributed by atoms with Crippen molar-refractivity contribution >= 4 is 58.4 Å². The second-order valence-electron chi connectivity index (χ2n) is 17.1. The Morgan fingerprint density at radius 2 is 0.566 bits per heavy atom. The van der Waals surface area contributed by atoms with Crippen molar-refractivity contribution in [1.82, 2.24) is 0 Å². The molecule has 0 amide bonds. The van der Waals surface area contributed by atoms with Crippen LogP contribution >= 0.6 is 0 Å². The van der Waals surface area contributed by atoms with Crippen molar-refractivity contribution in [3.8, 4) is 34.5 Å². The normalized spacial score (nSPS) is 11.2. The number of ether oxygens (including phenoxy) is 10. The molecule has 0 N–H and O–H groups in total. The molecule has 0 aliphatic rings. The third kappa shape index (κ3) is 16.6. The molecule has 0 saturated carbocycles. The van der Waals surface area contributed by atoms with Gasteiger partial charge < -0.3 is 57.2 Å². The summed E-state index contributed by atoms with van der Waals surface area (Å²) in [5, 5.41) is 0. The summed E-state index contributed by atoms with van der Waals surface area (Å²) in [4.78, 5) is 4.43. The predicted octanol–water partition coefficient (Wildman–Crippen LogP) is 14.6. The quantitative estimate of drug-likeness (QED) is 0.0297. The van der Waals surface area contributed by atoms with Crippen LogP contribution in [0.2, 0.25) is 0 Å². The van der Waals surface area contributed by atoms with Crippen LogP contribution in [0.5, 0.6) is 34.5 Å². The summed E-state index contributed by atoms with van der Waals surface area (Å²) >= 11 is 0. The van der Waals surface area contributed by atoms with E-state index in [0.717, 1.165) is 79.4 Å². The number of nitrogens with zero attached hydrogens (tertiary/aromatic N) is 2. The number of methoxy groups -OCH3 is 2. The summed E-state index contributed by atoms with van der Waals surface area (Å²) in [6, 6.07) is 53.5. The van der Waals surface area contributed by atoms with E-state index in [1.165, 1.54) is 0 Å². The van der Waals surface area contributed by atoms with E-state index in [1.54, 1.807) is 14.2 Å². The Hall–Kier alpha value is -7.74. The maximum atomic E-state index is 6.50. The van der Waals surface area contributed by atoms with Crippen molar-refractivity contribution in [2.24, 2.45) is 0 Å². The first kappa shape index (κ1) is 56.0. The van der Waals surface area contributed by atoms with Crippen LogP contribution in [-0.2, 0) is 18.9 Å². The lowest BCUT2D eigenvalue weighted by Crippen LogP contribution is -2.12. The van der Waals surface area contributed by atoms with Gasteiger partial charge in [0.15, 0.2) is 0 Å². The molecule has 7 aromatic rings. The highest BCUT2D eigenvalue weighted by Gasteiger charge is 2.16. The maximum Gasteiger partial charge on any atom is 0.127 e. The zero-order valence-corrected chi connectivity index (χ0v) is 44.8. The van der Waals surface area contributed by atoms with Crippen molar-refractivity contribution < 1.29 is 47.4 Å². The van der Waals surface area contributed by atoms with Gasteiger partial charge in [-0.15, -0.1) is 0 Å². The fourth-order valence-electron chi connectivity index (χ4n) is 8.18. The topological polar surface area (TPSA) is 98.8 Å². The Balaban J connectivity index is 1.19. The molecular formula is C64H72N2O10. The molecule has 0 unspecified atom stereocenters. The molecule has 0 saturated heterocycles. The van der Waals surface area contributed by atoms with Gasteiger partial charge in [-0.3, -0.25) is 0 Å². The summed E-state index contributed by atoms with van der Waals surface area (Å²) in [5.41, 5.74) is 9.67. The van der Waals surface area contributed by atoms with Gasteiger partial charge >= 0.3 is 0 Å². The molecule has 0 bridgehead atoms. The van der Waals surface area contributed by atoms with E-state index in [9.17, 15) is 0 Å². The Bertz CT molecular complexity index is 2520. The third-order valence-electron chi connectivity index (χ3n) is 11.8. The highest BCUT2D eigenvalue weighted by atomic mass is 16.5. The van der Waals surface area contributed by atoms with E-state index in [2.05, 4.69) is 131 Å². The lowest BCUT2D eigenvalue weighted by molar-refractivity contribution is 0.0538. The van der Waals surface area contributed by atoms with Gasteiger partial charge in [-0.1, -0.05) is 48.6 Å². The third-order valence-corrected chi connectivity index (χ3v) is 11.8. The Morgan fingerprint density at radius 1 is 0.303 bits per heavy atom. The van der Waals surface area contributed by atoms with Gasteiger partial charge in [-0.2, -0.15) is 0 Å². The first-order valence-corrected chi connectivity index (χ1v) is 26.1. The van der Waals surface area contributed by atoms with Gasteiger partial charge in [-0.25, -0.2) is 0 Å². The molecular weight excluding hydrogens is 957 g/mol. The molecule has 398 valence electrons. The molecule has 0 aliphatic carbocycles. The lowest BCUT2D eigenvalue weighted by Gasteiger charge is -2.26. The van der Waals surface area contributed by atoms with Crippen LogP contribution in [0.3, 0.4) is 0 Å². The Labute approximate surface area is 449 Å². The van der Waals surface area contributed by atoms with Gasteiger partial charge in [0.05, 0.1) is 66.1 Å². The zero-order chi connectivity index (χ0) is 53.2. The molecule has 0 aliphatic heterocycles. The first-order chi connectivity index (χ1) is 37.4. The molecule has 0 aromatic heterocycles. The Morgan fingerprint density at radius 3 is 0.829 bits per heavy atom. The number of hydrogen-bond acceptors (Lipinski definition) is 12. The van der Waals surface area contributed by atoms with Gasteiger partial charge in [0.2, 0.25) is 0 Å². The second kappa shape index (κ2) is 30.6. The molecule has 12 heteroatoms. The largest absolute Gasteiger partial charge is 0.494 e. The van der Waals surface area contributed by atoms with E-state index < -0.39 is 0 Å². The molecule has 12 nitrogen and oxygen atoms in total. The summed E-state index contributed by atoms with van der Waals surface area (Å²) < 4.78 is 58.0.